The molecule has 1 heterocycles. The highest BCUT2D eigenvalue weighted by Crippen LogP contribution is 2.29. The zero-order valence-corrected chi connectivity index (χ0v) is 11.0. The van der Waals surface area contributed by atoms with Crippen molar-refractivity contribution in [2.45, 2.75) is 43.9 Å². The Balaban J connectivity index is 2.10. The molecule has 2 rings (SSSR count). The van der Waals surface area contributed by atoms with Crippen LogP contribution in [-0.2, 0) is 15.8 Å². The second kappa shape index (κ2) is 4.71. The van der Waals surface area contributed by atoms with Crippen molar-refractivity contribution < 1.29 is 12.9 Å². The van der Waals surface area contributed by atoms with Crippen LogP contribution in [0.5, 0.6) is 0 Å². The molecule has 1 N–H and O–H groups in total. The average molecular weight is 269 g/mol. The maximum atomic E-state index is 12.0. The molecular weight excluding hydrogens is 254 g/mol. The SMILES string of the molecule is Cc1cc(CS(=O)(=O)NC2(C#N)CCCC2)no1. The van der Waals surface area contributed by atoms with Crippen molar-refractivity contribution in [3.8, 4) is 6.07 Å². The third kappa shape index (κ3) is 2.89. The van der Waals surface area contributed by atoms with Crippen molar-refractivity contribution in [3.63, 3.8) is 0 Å². The minimum Gasteiger partial charge on any atom is -0.361 e. The van der Waals surface area contributed by atoms with Crippen LogP contribution in [0, 0.1) is 18.3 Å². The van der Waals surface area contributed by atoms with Crippen LogP contribution in [0.3, 0.4) is 0 Å². The maximum absolute atomic E-state index is 12.0. The van der Waals surface area contributed by atoms with Crippen molar-refractivity contribution in [1.29, 1.82) is 5.26 Å². The van der Waals surface area contributed by atoms with Gasteiger partial charge in [-0.25, -0.2) is 8.42 Å². The van der Waals surface area contributed by atoms with Crippen molar-refractivity contribution in [1.82, 2.24) is 9.88 Å². The number of rotatable bonds is 4. The van der Waals surface area contributed by atoms with Crippen LogP contribution in [0.25, 0.3) is 0 Å². The molecule has 1 fully saturated rings. The molecule has 0 amide bonds. The number of hydrogen-bond acceptors (Lipinski definition) is 5. The van der Waals surface area contributed by atoms with Gasteiger partial charge < -0.3 is 4.52 Å². The molecule has 7 heteroatoms. The summed E-state index contributed by atoms with van der Waals surface area (Å²) in [5.41, 5.74) is -0.580. The van der Waals surface area contributed by atoms with Gasteiger partial charge in [0.05, 0.1) is 6.07 Å². The van der Waals surface area contributed by atoms with Crippen molar-refractivity contribution in [2.24, 2.45) is 0 Å². The minimum atomic E-state index is -3.57. The predicted octanol–water partition coefficient (Wildman–Crippen LogP) is 1.24. The van der Waals surface area contributed by atoms with Gasteiger partial charge >= 0.3 is 0 Å². The lowest BCUT2D eigenvalue weighted by Crippen LogP contribution is -2.45. The summed E-state index contributed by atoms with van der Waals surface area (Å²) >= 11 is 0. The van der Waals surface area contributed by atoms with Gasteiger partial charge in [-0.15, -0.1) is 0 Å². The molecule has 18 heavy (non-hydrogen) atoms. The van der Waals surface area contributed by atoms with E-state index >= 15 is 0 Å². The molecule has 0 aromatic carbocycles. The second-order valence-corrected chi connectivity index (χ2v) is 6.41. The van der Waals surface area contributed by atoms with E-state index in [0.717, 1.165) is 12.8 Å². The number of nitrogens with one attached hydrogen (secondary N) is 1. The summed E-state index contributed by atoms with van der Waals surface area (Å²) in [6.07, 6.45) is 2.89. The Morgan fingerprint density at radius 1 is 1.56 bits per heavy atom. The lowest BCUT2D eigenvalue weighted by Gasteiger charge is -2.21. The van der Waals surface area contributed by atoms with E-state index in [2.05, 4.69) is 15.9 Å². The first-order valence-corrected chi connectivity index (χ1v) is 7.45. The summed E-state index contributed by atoms with van der Waals surface area (Å²) in [4.78, 5) is 0. The Bertz CT molecular complexity index is 565. The molecule has 0 radical (unpaired) electrons. The van der Waals surface area contributed by atoms with E-state index in [1.54, 1.807) is 13.0 Å². The van der Waals surface area contributed by atoms with Crippen LogP contribution < -0.4 is 4.72 Å². The number of nitrogens with zero attached hydrogens (tertiary/aromatic N) is 2. The molecule has 0 bridgehead atoms. The molecule has 6 nitrogen and oxygen atoms in total. The standard InChI is InChI=1S/C11H15N3O3S/c1-9-6-10(13-17-9)7-18(15,16)14-11(8-12)4-2-3-5-11/h6,14H,2-5,7H2,1H3. The largest absolute Gasteiger partial charge is 0.361 e. The zero-order valence-electron chi connectivity index (χ0n) is 10.1. The quantitative estimate of drug-likeness (QED) is 0.887. The van der Waals surface area contributed by atoms with E-state index in [4.69, 9.17) is 9.78 Å². The van der Waals surface area contributed by atoms with E-state index in [0.29, 0.717) is 24.3 Å². The van der Waals surface area contributed by atoms with E-state index in [1.165, 1.54) is 0 Å². The highest BCUT2D eigenvalue weighted by atomic mass is 32.2. The van der Waals surface area contributed by atoms with Crippen LogP contribution >= 0.6 is 0 Å². The fourth-order valence-corrected chi connectivity index (χ4v) is 3.67. The van der Waals surface area contributed by atoms with Crippen LogP contribution in [0.2, 0.25) is 0 Å². The minimum absolute atomic E-state index is 0.256. The third-order valence-electron chi connectivity index (χ3n) is 3.04. The molecule has 1 aliphatic carbocycles. The predicted molar refractivity (Wildman–Crippen MR) is 63.8 cm³/mol. The molecule has 1 aliphatic rings. The molecule has 0 saturated heterocycles. The number of aryl methyl sites for hydroxylation is 1. The van der Waals surface area contributed by atoms with Gasteiger partial charge in [0.15, 0.2) is 0 Å². The summed E-state index contributed by atoms with van der Waals surface area (Å²) in [7, 11) is -3.57. The molecule has 98 valence electrons. The molecule has 0 spiro atoms. The number of nitriles is 1. The molecule has 0 aliphatic heterocycles. The zero-order chi connectivity index (χ0) is 13.2. The molecule has 1 saturated carbocycles. The fourth-order valence-electron chi connectivity index (χ4n) is 2.23. The monoisotopic (exact) mass is 269 g/mol. The maximum Gasteiger partial charge on any atom is 0.218 e. The second-order valence-electron chi connectivity index (χ2n) is 4.69. The van der Waals surface area contributed by atoms with Crippen LogP contribution in [-0.4, -0.2) is 19.1 Å². The first-order chi connectivity index (χ1) is 8.45. The molecule has 0 atom stereocenters. The van der Waals surface area contributed by atoms with Crippen molar-refractivity contribution in [3.05, 3.63) is 17.5 Å². The Labute approximate surface area is 106 Å². The summed E-state index contributed by atoms with van der Waals surface area (Å²) in [6, 6.07) is 3.67. The molecular formula is C11H15N3O3S. The number of hydrogen-bond donors (Lipinski definition) is 1. The lowest BCUT2D eigenvalue weighted by atomic mass is 10.0. The molecule has 1 aromatic heterocycles. The average Bonchev–Trinajstić information content (AvgIpc) is 2.88. The number of sulfonamides is 1. The summed E-state index contributed by atoms with van der Waals surface area (Å²) < 4.78 is 31.3. The van der Waals surface area contributed by atoms with Crippen molar-refractivity contribution in [2.75, 3.05) is 0 Å². The van der Waals surface area contributed by atoms with Gasteiger partial charge in [-0.3, -0.25) is 0 Å². The first-order valence-electron chi connectivity index (χ1n) is 5.80. The van der Waals surface area contributed by atoms with Gasteiger partial charge in [0.2, 0.25) is 10.0 Å². The fraction of sp³-hybridized carbons (Fsp3) is 0.636. The van der Waals surface area contributed by atoms with E-state index in [9.17, 15) is 8.42 Å². The first kappa shape index (κ1) is 13.1. The highest BCUT2D eigenvalue weighted by molar-refractivity contribution is 7.88. The van der Waals surface area contributed by atoms with Gasteiger partial charge in [0, 0.05) is 6.07 Å². The molecule has 1 aromatic rings. The van der Waals surface area contributed by atoms with E-state index in [-0.39, 0.29) is 5.75 Å². The van der Waals surface area contributed by atoms with Crippen molar-refractivity contribution >= 4 is 10.0 Å². The topological polar surface area (TPSA) is 96.0 Å². The Hall–Kier alpha value is -1.39. The highest BCUT2D eigenvalue weighted by Gasteiger charge is 2.37. The van der Waals surface area contributed by atoms with E-state index in [1.807, 2.05) is 0 Å². The van der Waals surface area contributed by atoms with Crippen LogP contribution in [0.15, 0.2) is 10.6 Å². The van der Waals surface area contributed by atoms with Gasteiger partial charge in [0.1, 0.15) is 22.7 Å². The van der Waals surface area contributed by atoms with Crippen LogP contribution in [0.4, 0.5) is 0 Å². The summed E-state index contributed by atoms with van der Waals surface area (Å²) in [5.74, 6) is 0.310. The summed E-state index contributed by atoms with van der Waals surface area (Å²) in [6.45, 7) is 1.70. The van der Waals surface area contributed by atoms with Gasteiger partial charge in [-0.05, 0) is 19.8 Å². The smallest absolute Gasteiger partial charge is 0.218 e. The Morgan fingerprint density at radius 2 is 2.22 bits per heavy atom. The normalized spacial score (nSPS) is 18.7. The van der Waals surface area contributed by atoms with Gasteiger partial charge in [0.25, 0.3) is 0 Å². The van der Waals surface area contributed by atoms with Gasteiger partial charge in [-0.1, -0.05) is 18.0 Å². The van der Waals surface area contributed by atoms with Gasteiger partial charge in [-0.2, -0.15) is 9.98 Å². The number of aromatic nitrogens is 1. The lowest BCUT2D eigenvalue weighted by molar-refractivity contribution is 0.392. The Kier molecular flexibility index (Phi) is 3.41. The summed E-state index contributed by atoms with van der Waals surface area (Å²) in [5, 5.41) is 12.8. The van der Waals surface area contributed by atoms with Crippen LogP contribution in [0.1, 0.15) is 37.1 Å². The third-order valence-corrected chi connectivity index (χ3v) is 4.41. The molecule has 0 unspecified atom stereocenters. The Morgan fingerprint density at radius 3 is 2.72 bits per heavy atom. The van der Waals surface area contributed by atoms with E-state index < -0.39 is 15.6 Å².